The Balaban J connectivity index is 2.13. The molecule has 1 aromatic heterocycles. The average Bonchev–Trinajstić information content (AvgIpc) is 3.05. The Morgan fingerprint density at radius 1 is 1.00 bits per heavy atom. The molecular formula is C16H20N4O4. The van der Waals surface area contributed by atoms with Crippen molar-refractivity contribution in [3.8, 4) is 28.6 Å². The second-order valence-corrected chi connectivity index (χ2v) is 5.27. The SMILES string of the molecule is CCN1CCn2c(nnc2-c2ccc(OC)c(OC)c2OC)C1=O. The highest BCUT2D eigenvalue weighted by atomic mass is 16.5. The Morgan fingerprint density at radius 3 is 2.33 bits per heavy atom. The molecule has 0 fully saturated rings. The maximum absolute atomic E-state index is 12.4. The first kappa shape index (κ1) is 16.1. The molecule has 0 spiro atoms. The Morgan fingerprint density at radius 2 is 1.71 bits per heavy atom. The predicted octanol–water partition coefficient (Wildman–Crippen LogP) is 1.45. The topological polar surface area (TPSA) is 78.7 Å². The van der Waals surface area contributed by atoms with Crippen molar-refractivity contribution in [3.05, 3.63) is 18.0 Å². The van der Waals surface area contributed by atoms with Crippen molar-refractivity contribution in [2.24, 2.45) is 0 Å². The lowest BCUT2D eigenvalue weighted by atomic mass is 10.1. The Hall–Kier alpha value is -2.77. The summed E-state index contributed by atoms with van der Waals surface area (Å²) >= 11 is 0. The van der Waals surface area contributed by atoms with E-state index < -0.39 is 0 Å². The molecule has 2 heterocycles. The van der Waals surface area contributed by atoms with Crippen LogP contribution in [0.5, 0.6) is 17.2 Å². The third-order valence-corrected chi connectivity index (χ3v) is 4.15. The van der Waals surface area contributed by atoms with Gasteiger partial charge in [0.15, 0.2) is 17.3 Å². The van der Waals surface area contributed by atoms with Gasteiger partial charge in [0.2, 0.25) is 11.6 Å². The number of fused-ring (bicyclic) bond motifs is 1. The number of nitrogens with zero attached hydrogens (tertiary/aromatic N) is 4. The van der Waals surface area contributed by atoms with Gasteiger partial charge < -0.3 is 23.7 Å². The minimum Gasteiger partial charge on any atom is -0.493 e. The molecule has 1 aliphatic rings. The van der Waals surface area contributed by atoms with E-state index in [0.717, 1.165) is 0 Å². The monoisotopic (exact) mass is 332 g/mol. The largest absolute Gasteiger partial charge is 0.493 e. The van der Waals surface area contributed by atoms with Gasteiger partial charge in [0, 0.05) is 19.6 Å². The second-order valence-electron chi connectivity index (χ2n) is 5.27. The van der Waals surface area contributed by atoms with Crippen molar-refractivity contribution < 1.29 is 19.0 Å². The summed E-state index contributed by atoms with van der Waals surface area (Å²) in [7, 11) is 4.66. The molecular weight excluding hydrogens is 312 g/mol. The van der Waals surface area contributed by atoms with Crippen molar-refractivity contribution in [3.63, 3.8) is 0 Å². The summed E-state index contributed by atoms with van der Waals surface area (Å²) in [4.78, 5) is 14.1. The van der Waals surface area contributed by atoms with Crippen LogP contribution in [0.15, 0.2) is 12.1 Å². The van der Waals surface area contributed by atoms with Crippen LogP contribution in [-0.4, -0.2) is 60.0 Å². The first-order valence-corrected chi connectivity index (χ1v) is 7.68. The van der Waals surface area contributed by atoms with Crippen LogP contribution in [0.3, 0.4) is 0 Å². The quantitative estimate of drug-likeness (QED) is 0.824. The van der Waals surface area contributed by atoms with Crippen LogP contribution in [0.2, 0.25) is 0 Å². The summed E-state index contributed by atoms with van der Waals surface area (Å²) in [6.45, 7) is 3.86. The number of rotatable bonds is 5. The van der Waals surface area contributed by atoms with Gasteiger partial charge in [-0.15, -0.1) is 10.2 Å². The zero-order valence-corrected chi connectivity index (χ0v) is 14.2. The molecule has 0 unspecified atom stereocenters. The van der Waals surface area contributed by atoms with Crippen molar-refractivity contribution in [2.45, 2.75) is 13.5 Å². The van der Waals surface area contributed by atoms with Crippen molar-refractivity contribution in [1.29, 1.82) is 0 Å². The van der Waals surface area contributed by atoms with E-state index in [1.165, 1.54) is 0 Å². The summed E-state index contributed by atoms with van der Waals surface area (Å²) in [5.74, 6) is 2.35. The standard InChI is InChI=1S/C16H20N4O4/c1-5-19-8-9-20-14(17-18-15(20)16(19)21)10-6-7-11(22-2)13(24-4)12(10)23-3/h6-7H,5,8-9H2,1-4H3. The van der Waals surface area contributed by atoms with Gasteiger partial charge in [-0.2, -0.15) is 0 Å². The molecule has 8 nitrogen and oxygen atoms in total. The first-order chi connectivity index (χ1) is 11.7. The van der Waals surface area contributed by atoms with E-state index >= 15 is 0 Å². The number of hydrogen-bond acceptors (Lipinski definition) is 6. The van der Waals surface area contributed by atoms with E-state index in [2.05, 4.69) is 10.2 Å². The molecule has 0 saturated carbocycles. The van der Waals surface area contributed by atoms with Crippen LogP contribution >= 0.6 is 0 Å². The highest BCUT2D eigenvalue weighted by Gasteiger charge is 2.30. The average molecular weight is 332 g/mol. The fourth-order valence-electron chi connectivity index (χ4n) is 2.92. The number of methoxy groups -OCH3 is 3. The van der Waals surface area contributed by atoms with Gasteiger partial charge in [-0.3, -0.25) is 4.79 Å². The van der Waals surface area contributed by atoms with Gasteiger partial charge in [-0.05, 0) is 19.1 Å². The number of hydrogen-bond donors (Lipinski definition) is 0. The van der Waals surface area contributed by atoms with E-state index in [1.54, 1.807) is 32.3 Å². The number of carbonyl (C=O) groups excluding carboxylic acids is 1. The maximum atomic E-state index is 12.4. The summed E-state index contributed by atoms with van der Waals surface area (Å²) in [6.07, 6.45) is 0. The molecule has 1 aliphatic heterocycles. The van der Waals surface area contributed by atoms with Gasteiger partial charge in [0.1, 0.15) is 0 Å². The van der Waals surface area contributed by atoms with Crippen LogP contribution in [0, 0.1) is 0 Å². The Bertz CT molecular complexity index is 772. The number of ether oxygens (including phenoxy) is 3. The van der Waals surface area contributed by atoms with Crippen LogP contribution in [0.25, 0.3) is 11.4 Å². The highest BCUT2D eigenvalue weighted by molar-refractivity contribution is 5.92. The molecule has 24 heavy (non-hydrogen) atoms. The molecule has 0 N–H and O–H groups in total. The third-order valence-electron chi connectivity index (χ3n) is 4.15. The van der Waals surface area contributed by atoms with Gasteiger partial charge in [-0.1, -0.05) is 0 Å². The molecule has 0 bridgehead atoms. The molecule has 8 heteroatoms. The van der Waals surface area contributed by atoms with E-state index in [-0.39, 0.29) is 5.91 Å². The minimum absolute atomic E-state index is 0.109. The van der Waals surface area contributed by atoms with Crippen LogP contribution in [0.4, 0.5) is 0 Å². The number of carbonyl (C=O) groups is 1. The van der Waals surface area contributed by atoms with E-state index in [0.29, 0.717) is 54.1 Å². The molecule has 2 aromatic rings. The smallest absolute Gasteiger partial charge is 0.291 e. The Kier molecular flexibility index (Phi) is 4.28. The van der Waals surface area contributed by atoms with E-state index in [1.807, 2.05) is 17.6 Å². The normalized spacial score (nSPS) is 13.7. The highest BCUT2D eigenvalue weighted by Crippen LogP contribution is 2.44. The molecule has 0 atom stereocenters. The summed E-state index contributed by atoms with van der Waals surface area (Å²) in [6, 6.07) is 3.61. The zero-order chi connectivity index (χ0) is 17.3. The van der Waals surface area contributed by atoms with E-state index in [4.69, 9.17) is 14.2 Å². The summed E-state index contributed by atoms with van der Waals surface area (Å²) < 4.78 is 18.0. The second kappa shape index (κ2) is 6.38. The molecule has 0 saturated heterocycles. The molecule has 0 aliphatic carbocycles. The predicted molar refractivity (Wildman–Crippen MR) is 86.7 cm³/mol. The lowest BCUT2D eigenvalue weighted by molar-refractivity contribution is 0.0707. The van der Waals surface area contributed by atoms with Crippen molar-refractivity contribution >= 4 is 5.91 Å². The molecule has 1 amide bonds. The molecule has 1 aromatic carbocycles. The number of likely N-dealkylation sites (N-methyl/N-ethyl adjacent to an activating group) is 1. The van der Waals surface area contributed by atoms with Gasteiger partial charge in [-0.25, -0.2) is 0 Å². The minimum atomic E-state index is -0.109. The third kappa shape index (κ3) is 2.34. The van der Waals surface area contributed by atoms with Gasteiger partial charge >= 0.3 is 0 Å². The van der Waals surface area contributed by atoms with Crippen LogP contribution < -0.4 is 14.2 Å². The van der Waals surface area contributed by atoms with Crippen molar-refractivity contribution in [2.75, 3.05) is 34.4 Å². The van der Waals surface area contributed by atoms with Crippen LogP contribution in [0.1, 0.15) is 17.5 Å². The lowest BCUT2D eigenvalue weighted by Gasteiger charge is -2.26. The van der Waals surface area contributed by atoms with Crippen LogP contribution in [-0.2, 0) is 6.54 Å². The van der Waals surface area contributed by atoms with Gasteiger partial charge in [0.05, 0.1) is 26.9 Å². The van der Waals surface area contributed by atoms with E-state index in [9.17, 15) is 4.79 Å². The molecule has 3 rings (SSSR count). The summed E-state index contributed by atoms with van der Waals surface area (Å²) in [5.41, 5.74) is 0.701. The number of amides is 1. The maximum Gasteiger partial charge on any atom is 0.291 e. The summed E-state index contributed by atoms with van der Waals surface area (Å²) in [5, 5.41) is 8.30. The fourth-order valence-corrected chi connectivity index (χ4v) is 2.92. The van der Waals surface area contributed by atoms with Gasteiger partial charge in [0.25, 0.3) is 5.91 Å². The molecule has 128 valence electrons. The first-order valence-electron chi connectivity index (χ1n) is 7.68. The fraction of sp³-hybridized carbons (Fsp3) is 0.438. The zero-order valence-electron chi connectivity index (χ0n) is 14.2. The molecule has 0 radical (unpaired) electrons. The Labute approximate surface area is 139 Å². The number of aromatic nitrogens is 3. The lowest BCUT2D eigenvalue weighted by Crippen LogP contribution is -2.40. The van der Waals surface area contributed by atoms with Crippen molar-refractivity contribution in [1.82, 2.24) is 19.7 Å². The number of benzene rings is 1.